The van der Waals surface area contributed by atoms with Crippen molar-refractivity contribution in [2.75, 3.05) is 0 Å². The third-order valence-electron chi connectivity index (χ3n) is 5.14. The second-order valence-electron chi connectivity index (χ2n) is 6.97. The second kappa shape index (κ2) is 8.09. The van der Waals surface area contributed by atoms with E-state index in [0.29, 0.717) is 24.2 Å². The van der Waals surface area contributed by atoms with Gasteiger partial charge in [0.05, 0.1) is 0 Å². The van der Waals surface area contributed by atoms with Crippen LogP contribution in [0.5, 0.6) is 0 Å². The monoisotopic (exact) mass is 398 g/mol. The molecule has 0 bridgehead atoms. The van der Waals surface area contributed by atoms with E-state index in [4.69, 9.17) is 0 Å². The first kappa shape index (κ1) is 18.1. The highest BCUT2D eigenvalue weighted by molar-refractivity contribution is 9.10. The Balaban J connectivity index is 1.89. The first-order valence-corrected chi connectivity index (χ1v) is 9.72. The van der Waals surface area contributed by atoms with Crippen LogP contribution in [0.4, 0.5) is 0 Å². The molecule has 0 amide bonds. The molecule has 1 fully saturated rings. The van der Waals surface area contributed by atoms with Crippen molar-refractivity contribution in [2.45, 2.75) is 44.9 Å². The maximum Gasteiger partial charge on any atom is 0.163 e. The molecule has 0 saturated heterocycles. The number of hydrogen-bond donors (Lipinski definition) is 0. The van der Waals surface area contributed by atoms with Crippen LogP contribution in [0.3, 0.4) is 0 Å². The molecule has 0 radical (unpaired) electrons. The van der Waals surface area contributed by atoms with Gasteiger partial charge < -0.3 is 0 Å². The summed E-state index contributed by atoms with van der Waals surface area (Å²) in [6.45, 7) is 2.05. The molecule has 1 aliphatic rings. The van der Waals surface area contributed by atoms with E-state index in [0.717, 1.165) is 29.3 Å². The molecule has 3 heteroatoms. The minimum atomic E-state index is -0.0347. The molecule has 0 aromatic heterocycles. The van der Waals surface area contributed by atoms with E-state index in [2.05, 4.69) is 47.1 Å². The lowest BCUT2D eigenvalue weighted by Gasteiger charge is -2.29. The number of benzene rings is 2. The average molecular weight is 399 g/mol. The Morgan fingerprint density at radius 3 is 2.60 bits per heavy atom. The predicted molar refractivity (Wildman–Crippen MR) is 104 cm³/mol. The Labute approximate surface area is 157 Å². The van der Waals surface area contributed by atoms with Gasteiger partial charge in [-0.1, -0.05) is 64.3 Å². The molecule has 3 rings (SSSR count). The minimum absolute atomic E-state index is 0.0279. The number of rotatable bonds is 5. The summed E-state index contributed by atoms with van der Waals surface area (Å²) in [6, 6.07) is 15.8. The fraction of sp³-hybridized carbons (Fsp3) is 0.364. The van der Waals surface area contributed by atoms with E-state index >= 15 is 0 Å². The van der Waals surface area contributed by atoms with Crippen molar-refractivity contribution in [3.05, 3.63) is 69.7 Å². The van der Waals surface area contributed by atoms with E-state index in [1.54, 1.807) is 0 Å². The molecular weight excluding hydrogens is 376 g/mol. The Morgan fingerprint density at radius 1 is 1.16 bits per heavy atom. The summed E-state index contributed by atoms with van der Waals surface area (Å²) in [4.78, 5) is 25.4. The fourth-order valence-electron chi connectivity index (χ4n) is 3.72. The summed E-state index contributed by atoms with van der Waals surface area (Å²) in [5.41, 5.74) is 3.00. The summed E-state index contributed by atoms with van der Waals surface area (Å²) >= 11 is 3.43. The van der Waals surface area contributed by atoms with Crippen LogP contribution in [0.1, 0.15) is 59.5 Å². The molecule has 1 aliphatic carbocycles. The van der Waals surface area contributed by atoms with E-state index in [9.17, 15) is 9.59 Å². The zero-order valence-electron chi connectivity index (χ0n) is 14.5. The van der Waals surface area contributed by atoms with Gasteiger partial charge in [0.1, 0.15) is 5.78 Å². The topological polar surface area (TPSA) is 34.1 Å². The van der Waals surface area contributed by atoms with Gasteiger partial charge in [-0.25, -0.2) is 0 Å². The van der Waals surface area contributed by atoms with Gasteiger partial charge in [-0.15, -0.1) is 0 Å². The van der Waals surface area contributed by atoms with Gasteiger partial charge in [0, 0.05) is 34.7 Å². The van der Waals surface area contributed by atoms with Crippen LogP contribution in [0, 0.1) is 12.8 Å². The van der Waals surface area contributed by atoms with Crippen molar-refractivity contribution in [3.8, 4) is 0 Å². The lowest BCUT2D eigenvalue weighted by atomic mass is 9.73. The van der Waals surface area contributed by atoms with Crippen LogP contribution in [0.2, 0.25) is 0 Å². The summed E-state index contributed by atoms with van der Waals surface area (Å²) in [7, 11) is 0. The Hall–Kier alpha value is -1.74. The van der Waals surface area contributed by atoms with Crippen molar-refractivity contribution in [3.63, 3.8) is 0 Å². The molecule has 0 aliphatic heterocycles. The Bertz CT molecular complexity index is 764. The number of carbonyl (C=O) groups excluding carboxylic acids is 2. The molecule has 2 nitrogen and oxygen atoms in total. The Morgan fingerprint density at radius 2 is 1.92 bits per heavy atom. The van der Waals surface area contributed by atoms with Gasteiger partial charge >= 0.3 is 0 Å². The third-order valence-corrected chi connectivity index (χ3v) is 5.64. The fourth-order valence-corrected chi connectivity index (χ4v) is 4.12. The van der Waals surface area contributed by atoms with Crippen LogP contribution in [-0.4, -0.2) is 11.6 Å². The van der Waals surface area contributed by atoms with Gasteiger partial charge in [0.25, 0.3) is 0 Å². The highest BCUT2D eigenvalue weighted by atomic mass is 79.9. The summed E-state index contributed by atoms with van der Waals surface area (Å²) in [5.74, 6) is 0.358. The first-order chi connectivity index (χ1) is 12.0. The van der Waals surface area contributed by atoms with Crippen LogP contribution in [-0.2, 0) is 4.79 Å². The summed E-state index contributed by atoms with van der Waals surface area (Å²) in [6.07, 6.45) is 3.98. The molecule has 130 valence electrons. The summed E-state index contributed by atoms with van der Waals surface area (Å²) in [5, 5.41) is 0. The number of carbonyl (C=O) groups is 2. The maximum atomic E-state index is 12.9. The lowest BCUT2D eigenvalue weighted by molar-refractivity contribution is -0.125. The molecule has 0 unspecified atom stereocenters. The van der Waals surface area contributed by atoms with E-state index in [-0.39, 0.29) is 17.6 Å². The number of hydrogen-bond acceptors (Lipinski definition) is 2. The van der Waals surface area contributed by atoms with Gasteiger partial charge in [0.15, 0.2) is 5.78 Å². The van der Waals surface area contributed by atoms with Gasteiger partial charge in [0.2, 0.25) is 0 Å². The quantitative estimate of drug-likeness (QED) is 0.589. The van der Waals surface area contributed by atoms with Crippen LogP contribution < -0.4 is 0 Å². The molecule has 2 atom stereocenters. The molecular formula is C22H23BrO2. The van der Waals surface area contributed by atoms with Crippen LogP contribution >= 0.6 is 15.9 Å². The van der Waals surface area contributed by atoms with Gasteiger partial charge in [-0.2, -0.15) is 0 Å². The van der Waals surface area contributed by atoms with Crippen molar-refractivity contribution in [1.82, 2.24) is 0 Å². The molecule has 1 saturated carbocycles. The number of aryl methyl sites for hydroxylation is 1. The van der Waals surface area contributed by atoms with Crippen molar-refractivity contribution in [2.24, 2.45) is 5.92 Å². The second-order valence-corrected chi connectivity index (χ2v) is 7.89. The minimum Gasteiger partial charge on any atom is -0.299 e. The molecule has 0 heterocycles. The molecule has 0 spiro atoms. The van der Waals surface area contributed by atoms with Crippen LogP contribution in [0.25, 0.3) is 0 Å². The summed E-state index contributed by atoms with van der Waals surface area (Å²) < 4.78 is 0.902. The number of halogens is 1. The zero-order chi connectivity index (χ0) is 17.8. The maximum absolute atomic E-state index is 12.9. The standard InChI is InChI=1S/C22H23BrO2/c1-15-9-11-16(12-10-15)20(19-7-2-3-8-21(19)24)14-22(25)17-5-4-6-18(23)13-17/h4-6,9-13,19-20H,2-3,7-8,14H2,1H3/t19-,20+/m1/s1. The Kier molecular flexibility index (Phi) is 5.85. The van der Waals surface area contributed by atoms with E-state index < -0.39 is 0 Å². The predicted octanol–water partition coefficient (Wildman–Crippen LogP) is 5.87. The SMILES string of the molecule is Cc1ccc([C@H](CC(=O)c2cccc(Br)c2)[C@H]2CCCCC2=O)cc1. The van der Waals surface area contributed by atoms with Crippen molar-refractivity contribution >= 4 is 27.5 Å². The van der Waals surface area contributed by atoms with Crippen molar-refractivity contribution in [1.29, 1.82) is 0 Å². The normalized spacial score (nSPS) is 18.8. The number of ketones is 2. The molecule has 2 aromatic rings. The van der Waals surface area contributed by atoms with Crippen LogP contribution in [0.15, 0.2) is 53.0 Å². The first-order valence-electron chi connectivity index (χ1n) is 8.92. The average Bonchev–Trinajstić information content (AvgIpc) is 2.61. The number of Topliss-reactive ketones (excluding diaryl/α,β-unsaturated/α-hetero) is 2. The highest BCUT2D eigenvalue weighted by Gasteiger charge is 2.32. The lowest BCUT2D eigenvalue weighted by Crippen LogP contribution is -2.27. The smallest absolute Gasteiger partial charge is 0.163 e. The molecule has 2 aromatic carbocycles. The zero-order valence-corrected chi connectivity index (χ0v) is 16.1. The third kappa shape index (κ3) is 4.46. The highest BCUT2D eigenvalue weighted by Crippen LogP contribution is 2.37. The molecule has 0 N–H and O–H groups in total. The van der Waals surface area contributed by atoms with E-state index in [1.165, 1.54) is 5.56 Å². The largest absolute Gasteiger partial charge is 0.299 e. The van der Waals surface area contributed by atoms with Gasteiger partial charge in [-0.05, 0) is 37.5 Å². The van der Waals surface area contributed by atoms with Gasteiger partial charge in [-0.3, -0.25) is 9.59 Å². The van der Waals surface area contributed by atoms with E-state index in [1.807, 2.05) is 24.3 Å². The molecule has 25 heavy (non-hydrogen) atoms. The van der Waals surface area contributed by atoms with Crippen molar-refractivity contribution < 1.29 is 9.59 Å².